The Bertz CT molecular complexity index is 1070. The van der Waals surface area contributed by atoms with Gasteiger partial charge in [-0.15, -0.1) is 0 Å². The lowest BCUT2D eigenvalue weighted by atomic mass is 9.72. The van der Waals surface area contributed by atoms with Crippen LogP contribution in [0.2, 0.25) is 0 Å². The molecule has 27 heavy (non-hydrogen) atoms. The second-order valence-electron chi connectivity index (χ2n) is 8.03. The average molecular weight is 385 g/mol. The number of hydrogen-bond donors (Lipinski definition) is 4. The molecule has 1 saturated heterocycles. The topological polar surface area (TPSA) is 77.0 Å². The molecule has 2 aromatic heterocycles. The van der Waals surface area contributed by atoms with Crippen LogP contribution in [0.15, 0.2) is 29.2 Å². The third-order valence-electron chi connectivity index (χ3n) is 6.41. The number of nitrogens with zero attached hydrogens (tertiary/aromatic N) is 2. The van der Waals surface area contributed by atoms with E-state index in [0.29, 0.717) is 24.4 Å². The van der Waals surface area contributed by atoms with Crippen LogP contribution in [0.5, 0.6) is 5.88 Å². The lowest BCUT2D eigenvalue weighted by Gasteiger charge is -2.45. The van der Waals surface area contributed by atoms with Gasteiger partial charge < -0.3 is 15.0 Å². The Kier molecular flexibility index (Phi) is 3.91. The normalized spacial score (nSPS) is 25.0. The van der Waals surface area contributed by atoms with Crippen molar-refractivity contribution in [3.05, 3.63) is 51.7 Å². The third-order valence-corrected chi connectivity index (χ3v) is 6.73. The number of aromatic amines is 2. The maximum atomic E-state index is 12.0. The predicted octanol–water partition coefficient (Wildman–Crippen LogP) is 2.45. The summed E-state index contributed by atoms with van der Waals surface area (Å²) in [7, 11) is 2.19. The Morgan fingerprint density at radius 3 is 2.93 bits per heavy atom. The van der Waals surface area contributed by atoms with Crippen LogP contribution in [0, 0.1) is 5.92 Å². The molecule has 1 fully saturated rings. The summed E-state index contributed by atoms with van der Waals surface area (Å²) in [6, 6.07) is 7.04. The number of aromatic nitrogens is 3. The van der Waals surface area contributed by atoms with Crippen molar-refractivity contribution in [1.29, 1.82) is 0 Å². The standard InChI is InChI=1S/C20H24N4O2S/c1-23-7-11(8-24-9-18(25)22-20(24)26)5-13-12-3-2-4-15-19(12)14(6-17(13)23)16(10-27)21-15/h2-4,9,11,13,17,21,25,27H,5-8,10H2,1H3,(H,22,26)/t11?,13-,17-/m1/s1. The summed E-state index contributed by atoms with van der Waals surface area (Å²) in [6.45, 7) is 1.58. The van der Waals surface area contributed by atoms with E-state index in [-0.39, 0.29) is 11.6 Å². The van der Waals surface area contributed by atoms with Gasteiger partial charge in [-0.05, 0) is 43.0 Å². The second kappa shape index (κ2) is 6.21. The zero-order valence-corrected chi connectivity index (χ0v) is 16.2. The lowest BCUT2D eigenvalue weighted by molar-refractivity contribution is 0.103. The maximum Gasteiger partial charge on any atom is 0.328 e. The molecule has 142 valence electrons. The molecular weight excluding hydrogens is 360 g/mol. The summed E-state index contributed by atoms with van der Waals surface area (Å²) >= 11 is 4.52. The summed E-state index contributed by atoms with van der Waals surface area (Å²) < 4.78 is 1.60. The fourth-order valence-electron chi connectivity index (χ4n) is 5.32. The molecule has 6 nitrogen and oxygen atoms in total. The van der Waals surface area contributed by atoms with E-state index in [0.717, 1.165) is 25.1 Å². The van der Waals surface area contributed by atoms with Crippen molar-refractivity contribution in [1.82, 2.24) is 19.4 Å². The first-order valence-electron chi connectivity index (χ1n) is 9.47. The number of fused-ring (bicyclic) bond motifs is 2. The molecule has 1 aromatic carbocycles. The molecular formula is C20H24N4O2S. The fraction of sp³-hybridized carbons (Fsp3) is 0.450. The van der Waals surface area contributed by atoms with Crippen LogP contribution in [0.3, 0.4) is 0 Å². The monoisotopic (exact) mass is 384 g/mol. The Morgan fingerprint density at radius 2 is 2.19 bits per heavy atom. The van der Waals surface area contributed by atoms with E-state index in [1.165, 1.54) is 33.9 Å². The van der Waals surface area contributed by atoms with Crippen LogP contribution in [0.4, 0.5) is 0 Å². The molecule has 1 aliphatic heterocycles. The SMILES string of the molecule is CN1CC(Cn2cc(O)[nH]c2=O)C[C@@H]2c3cccc4[nH]c(CS)c(c34)C[C@H]21. The lowest BCUT2D eigenvalue weighted by Crippen LogP contribution is -2.49. The Balaban J connectivity index is 1.52. The number of aromatic hydroxyl groups is 1. The largest absolute Gasteiger partial charge is 0.493 e. The van der Waals surface area contributed by atoms with E-state index < -0.39 is 0 Å². The summed E-state index contributed by atoms with van der Waals surface area (Å²) in [5.74, 6) is 1.48. The van der Waals surface area contributed by atoms with Gasteiger partial charge in [0.1, 0.15) is 0 Å². The van der Waals surface area contributed by atoms with Gasteiger partial charge in [-0.1, -0.05) is 12.1 Å². The number of piperidine rings is 1. The smallest absolute Gasteiger partial charge is 0.328 e. The van der Waals surface area contributed by atoms with E-state index >= 15 is 0 Å². The first-order valence-corrected chi connectivity index (χ1v) is 10.1. The highest BCUT2D eigenvalue weighted by atomic mass is 32.1. The first kappa shape index (κ1) is 17.0. The van der Waals surface area contributed by atoms with Crippen LogP contribution >= 0.6 is 12.6 Å². The molecule has 0 saturated carbocycles. The minimum atomic E-state index is -0.241. The van der Waals surface area contributed by atoms with Gasteiger partial charge in [0.05, 0.1) is 6.20 Å². The molecule has 3 atom stereocenters. The molecule has 0 spiro atoms. The van der Waals surface area contributed by atoms with Crippen LogP contribution in [-0.2, 0) is 18.7 Å². The van der Waals surface area contributed by atoms with Crippen LogP contribution < -0.4 is 5.69 Å². The number of thiol groups is 1. The Morgan fingerprint density at radius 1 is 1.33 bits per heavy atom. The number of benzene rings is 1. The molecule has 3 aromatic rings. The summed E-state index contributed by atoms with van der Waals surface area (Å²) in [6.07, 6.45) is 3.60. The summed E-state index contributed by atoms with van der Waals surface area (Å²) in [5, 5.41) is 10.9. The van der Waals surface area contributed by atoms with Gasteiger partial charge >= 0.3 is 5.69 Å². The van der Waals surface area contributed by atoms with Crippen molar-refractivity contribution >= 4 is 23.5 Å². The average Bonchev–Trinajstić information content (AvgIpc) is 3.16. The van der Waals surface area contributed by atoms with Crippen molar-refractivity contribution in [2.24, 2.45) is 5.92 Å². The molecule has 3 heterocycles. The third kappa shape index (κ3) is 2.63. The predicted molar refractivity (Wildman–Crippen MR) is 109 cm³/mol. The van der Waals surface area contributed by atoms with Crippen LogP contribution in [0.25, 0.3) is 10.9 Å². The minimum Gasteiger partial charge on any atom is -0.493 e. The van der Waals surface area contributed by atoms with Crippen molar-refractivity contribution in [2.75, 3.05) is 13.6 Å². The molecule has 0 bridgehead atoms. The molecule has 1 unspecified atom stereocenters. The van der Waals surface area contributed by atoms with Crippen molar-refractivity contribution in [2.45, 2.75) is 37.1 Å². The number of H-pyrrole nitrogens is 2. The van der Waals surface area contributed by atoms with Crippen molar-refractivity contribution < 1.29 is 5.11 Å². The van der Waals surface area contributed by atoms with Gasteiger partial charge in [-0.3, -0.25) is 9.55 Å². The molecule has 5 rings (SSSR count). The molecule has 2 aliphatic rings. The summed E-state index contributed by atoms with van der Waals surface area (Å²) in [4.78, 5) is 20.4. The van der Waals surface area contributed by atoms with E-state index in [1.807, 2.05) is 0 Å². The van der Waals surface area contributed by atoms with E-state index in [9.17, 15) is 9.90 Å². The van der Waals surface area contributed by atoms with Crippen LogP contribution in [-0.4, -0.2) is 44.2 Å². The highest BCUT2D eigenvalue weighted by Crippen LogP contribution is 2.45. The first-order chi connectivity index (χ1) is 13.0. The molecule has 0 radical (unpaired) electrons. The van der Waals surface area contributed by atoms with Gasteiger partial charge in [-0.2, -0.15) is 12.6 Å². The fourth-order valence-corrected chi connectivity index (χ4v) is 5.59. The number of likely N-dealkylation sites (N-methyl/N-ethyl adjacent to an activating group) is 1. The number of imidazole rings is 1. The Labute approximate surface area is 162 Å². The van der Waals surface area contributed by atoms with Crippen molar-refractivity contribution in [3.63, 3.8) is 0 Å². The molecule has 1 aliphatic carbocycles. The zero-order valence-electron chi connectivity index (χ0n) is 15.3. The van der Waals surface area contributed by atoms with Gasteiger partial charge in [0.2, 0.25) is 5.88 Å². The highest BCUT2D eigenvalue weighted by molar-refractivity contribution is 7.79. The molecule has 0 amide bonds. The number of likely N-dealkylation sites (tertiary alicyclic amines) is 1. The minimum absolute atomic E-state index is 0.0688. The second-order valence-corrected chi connectivity index (χ2v) is 8.34. The highest BCUT2D eigenvalue weighted by Gasteiger charge is 2.40. The summed E-state index contributed by atoms with van der Waals surface area (Å²) in [5.41, 5.74) is 5.05. The molecule has 7 heteroatoms. The van der Waals surface area contributed by atoms with E-state index in [4.69, 9.17) is 0 Å². The van der Waals surface area contributed by atoms with Crippen LogP contribution in [0.1, 0.15) is 29.2 Å². The number of hydrogen-bond acceptors (Lipinski definition) is 4. The number of nitrogens with one attached hydrogen (secondary N) is 2. The van der Waals surface area contributed by atoms with Gasteiger partial charge in [0, 0.05) is 47.4 Å². The maximum absolute atomic E-state index is 12.0. The van der Waals surface area contributed by atoms with E-state index in [2.05, 4.69) is 52.7 Å². The van der Waals surface area contributed by atoms with Gasteiger partial charge in [0.15, 0.2) is 0 Å². The van der Waals surface area contributed by atoms with Gasteiger partial charge in [0.25, 0.3) is 0 Å². The number of rotatable bonds is 3. The molecule has 3 N–H and O–H groups in total. The van der Waals surface area contributed by atoms with Gasteiger partial charge in [-0.25, -0.2) is 4.79 Å². The quantitative estimate of drug-likeness (QED) is 0.524. The van der Waals surface area contributed by atoms with E-state index in [1.54, 1.807) is 4.57 Å². The zero-order chi connectivity index (χ0) is 18.7. The van der Waals surface area contributed by atoms with Crippen molar-refractivity contribution in [3.8, 4) is 5.88 Å². The Hall–Kier alpha value is -2.12.